The molecular formula is C33H28F5N9O. The summed E-state index contributed by atoms with van der Waals surface area (Å²) in [6, 6.07) is 12.1. The van der Waals surface area contributed by atoms with E-state index < -0.39 is 29.9 Å². The van der Waals surface area contributed by atoms with Crippen LogP contribution >= 0.6 is 0 Å². The summed E-state index contributed by atoms with van der Waals surface area (Å²) in [5, 5.41) is 35.1. The van der Waals surface area contributed by atoms with Crippen molar-refractivity contribution in [2.75, 3.05) is 17.2 Å². The second-order valence-electron chi connectivity index (χ2n) is 12.9. The minimum Gasteiger partial charge on any atom is -0.383 e. The second-order valence-corrected chi connectivity index (χ2v) is 12.9. The molecule has 0 saturated heterocycles. The number of alkyl halides is 5. The summed E-state index contributed by atoms with van der Waals surface area (Å²) in [7, 11) is 0. The maximum Gasteiger partial charge on any atom is 0.413 e. The number of benzene rings is 2. The maximum atomic E-state index is 14.0. The summed E-state index contributed by atoms with van der Waals surface area (Å²) in [5.41, 5.74) is -1.50. The minimum atomic E-state index is -4.58. The van der Waals surface area contributed by atoms with E-state index in [2.05, 4.69) is 38.1 Å². The van der Waals surface area contributed by atoms with Crippen LogP contribution in [-0.4, -0.2) is 37.3 Å². The molecule has 1 aliphatic rings. The average Bonchev–Trinajstić information content (AvgIpc) is 3.72. The lowest BCUT2D eigenvalue weighted by molar-refractivity contribution is -0.182. The van der Waals surface area contributed by atoms with Crippen molar-refractivity contribution >= 4 is 33.1 Å². The topological polar surface area (TPSA) is 137 Å². The van der Waals surface area contributed by atoms with Gasteiger partial charge in [0.15, 0.2) is 5.54 Å². The number of rotatable bonds is 8. The van der Waals surface area contributed by atoms with Crippen LogP contribution in [0.25, 0.3) is 21.7 Å². The van der Waals surface area contributed by atoms with E-state index in [9.17, 15) is 37.3 Å². The molecular weight excluding hydrogens is 633 g/mol. The maximum absolute atomic E-state index is 14.0. The number of nitrogens with one attached hydrogen (secondary N) is 2. The Kier molecular flexibility index (Phi) is 7.82. The summed E-state index contributed by atoms with van der Waals surface area (Å²) in [6.45, 7) is 3.40. The van der Waals surface area contributed by atoms with Gasteiger partial charge in [-0.15, -0.1) is 5.10 Å². The van der Waals surface area contributed by atoms with E-state index in [1.165, 1.54) is 36.7 Å². The third kappa shape index (κ3) is 5.65. The third-order valence-corrected chi connectivity index (χ3v) is 8.34. The SMILES string of the molecule is CC(C)(C)CNc1c(C#N)cnc2c(C#N)cc(NC(c3cn(C4(C(F)(F)F)CC4)nn3)c3cccc4c(=O)n(C(F)F)ccc34)cc12. The smallest absolute Gasteiger partial charge is 0.383 e. The summed E-state index contributed by atoms with van der Waals surface area (Å²) in [6.07, 6.45) is -1.43. The molecule has 1 fully saturated rings. The molecule has 0 radical (unpaired) electrons. The second kappa shape index (κ2) is 11.6. The fourth-order valence-corrected chi connectivity index (χ4v) is 5.68. The zero-order valence-corrected chi connectivity index (χ0v) is 25.9. The van der Waals surface area contributed by atoms with Gasteiger partial charge in [-0.05, 0) is 53.5 Å². The molecule has 2 N–H and O–H groups in total. The van der Waals surface area contributed by atoms with Gasteiger partial charge < -0.3 is 10.6 Å². The molecule has 1 aliphatic carbocycles. The van der Waals surface area contributed by atoms with E-state index in [1.807, 2.05) is 20.8 Å². The fraction of sp³-hybridized carbons (Fsp3) is 0.333. The fourth-order valence-electron chi connectivity index (χ4n) is 5.68. The predicted molar refractivity (Wildman–Crippen MR) is 167 cm³/mol. The average molecular weight is 662 g/mol. The van der Waals surface area contributed by atoms with Gasteiger partial charge in [0, 0.05) is 35.4 Å². The van der Waals surface area contributed by atoms with Gasteiger partial charge in [0.05, 0.1) is 34.6 Å². The quantitative estimate of drug-likeness (QED) is 0.170. The van der Waals surface area contributed by atoms with Gasteiger partial charge in [-0.2, -0.15) is 32.5 Å². The van der Waals surface area contributed by atoms with E-state index in [0.29, 0.717) is 34.4 Å². The Morgan fingerprint density at radius 3 is 2.38 bits per heavy atom. The number of pyridine rings is 2. The van der Waals surface area contributed by atoms with Crippen molar-refractivity contribution in [2.24, 2.45) is 5.41 Å². The Balaban J connectivity index is 1.55. The highest BCUT2D eigenvalue weighted by Gasteiger charge is 2.66. The first kappa shape index (κ1) is 32.4. The normalized spacial score (nSPS) is 14.9. The Hall–Kier alpha value is -5.57. The van der Waals surface area contributed by atoms with Crippen LogP contribution in [-0.2, 0) is 5.54 Å². The number of fused-ring (bicyclic) bond motifs is 2. The molecule has 5 aromatic rings. The molecule has 48 heavy (non-hydrogen) atoms. The number of nitrogens with zero attached hydrogens (tertiary/aromatic N) is 7. The number of nitriles is 2. The van der Waals surface area contributed by atoms with Gasteiger partial charge in [0.25, 0.3) is 5.56 Å². The molecule has 1 atom stereocenters. The lowest BCUT2D eigenvalue weighted by Crippen LogP contribution is -2.35. The molecule has 1 unspecified atom stereocenters. The van der Waals surface area contributed by atoms with Crippen molar-refractivity contribution in [1.29, 1.82) is 10.5 Å². The third-order valence-electron chi connectivity index (χ3n) is 8.34. The van der Waals surface area contributed by atoms with Gasteiger partial charge in [0.2, 0.25) is 0 Å². The molecule has 3 heterocycles. The Bertz CT molecular complexity index is 2200. The predicted octanol–water partition coefficient (Wildman–Crippen LogP) is 6.99. The molecule has 246 valence electrons. The Labute approximate surface area is 270 Å². The highest BCUT2D eigenvalue weighted by Crippen LogP contribution is 2.55. The molecule has 15 heteroatoms. The summed E-state index contributed by atoms with van der Waals surface area (Å²) in [4.78, 5) is 17.3. The molecule has 0 spiro atoms. The van der Waals surface area contributed by atoms with Gasteiger partial charge in [0.1, 0.15) is 17.8 Å². The van der Waals surface area contributed by atoms with Crippen LogP contribution in [0.2, 0.25) is 0 Å². The number of halogens is 5. The number of aromatic nitrogens is 5. The van der Waals surface area contributed by atoms with Crippen LogP contribution in [0.3, 0.4) is 0 Å². The summed E-state index contributed by atoms with van der Waals surface area (Å²) in [5.74, 6) is 0. The zero-order valence-electron chi connectivity index (χ0n) is 25.9. The first-order chi connectivity index (χ1) is 22.7. The Morgan fingerprint density at radius 2 is 1.75 bits per heavy atom. The zero-order chi connectivity index (χ0) is 34.6. The number of anilines is 2. The molecule has 0 aliphatic heterocycles. The lowest BCUT2D eigenvalue weighted by atomic mass is 9.96. The molecule has 6 rings (SSSR count). The van der Waals surface area contributed by atoms with Crippen molar-refractivity contribution in [1.82, 2.24) is 24.5 Å². The molecule has 3 aromatic heterocycles. The van der Waals surface area contributed by atoms with Crippen molar-refractivity contribution < 1.29 is 22.0 Å². The monoisotopic (exact) mass is 661 g/mol. The van der Waals surface area contributed by atoms with Crippen LogP contribution in [0.4, 0.5) is 33.3 Å². The van der Waals surface area contributed by atoms with Crippen LogP contribution in [0.5, 0.6) is 0 Å². The van der Waals surface area contributed by atoms with Gasteiger partial charge in [-0.3, -0.25) is 14.3 Å². The van der Waals surface area contributed by atoms with Crippen molar-refractivity contribution in [3.05, 3.63) is 87.7 Å². The number of hydrogen-bond donors (Lipinski definition) is 2. The van der Waals surface area contributed by atoms with Crippen molar-refractivity contribution in [3.8, 4) is 12.1 Å². The molecule has 0 amide bonds. The highest BCUT2D eigenvalue weighted by atomic mass is 19.4. The minimum absolute atomic E-state index is 0.0452. The standard InChI is InChI=1S/C33H28F5N9O/c1-31(2,3)17-42-27-19(14-40)15-41-26-18(13-39)11-20(12-24(26)27)43-28(25-16-47(45-44-25)32(8-9-32)33(36,37)38)22-5-4-6-23-21(22)7-10-46(29(23)48)30(34)35/h4-7,10-12,15-16,28,30,43H,8-9,17H2,1-3H3,(H,41,42). The van der Waals surface area contributed by atoms with Crippen molar-refractivity contribution in [2.45, 2.75) is 57.9 Å². The van der Waals surface area contributed by atoms with Gasteiger partial charge in [-0.1, -0.05) is 38.1 Å². The van der Waals surface area contributed by atoms with Gasteiger partial charge in [-0.25, -0.2) is 4.68 Å². The molecule has 0 bridgehead atoms. The Morgan fingerprint density at radius 1 is 1.02 bits per heavy atom. The van der Waals surface area contributed by atoms with E-state index in [4.69, 9.17) is 0 Å². The highest BCUT2D eigenvalue weighted by molar-refractivity contribution is 5.99. The van der Waals surface area contributed by atoms with Crippen LogP contribution < -0.4 is 16.2 Å². The van der Waals surface area contributed by atoms with Crippen LogP contribution in [0.1, 0.15) is 68.6 Å². The van der Waals surface area contributed by atoms with Crippen LogP contribution in [0, 0.1) is 28.1 Å². The first-order valence-electron chi connectivity index (χ1n) is 14.9. The van der Waals surface area contributed by atoms with Crippen molar-refractivity contribution in [3.63, 3.8) is 0 Å². The van der Waals surface area contributed by atoms with E-state index in [1.54, 1.807) is 12.1 Å². The summed E-state index contributed by atoms with van der Waals surface area (Å²) >= 11 is 0. The lowest BCUT2D eigenvalue weighted by Gasteiger charge is -2.23. The van der Waals surface area contributed by atoms with E-state index in [-0.39, 0.29) is 50.4 Å². The van der Waals surface area contributed by atoms with Crippen LogP contribution in [0.15, 0.2) is 59.8 Å². The van der Waals surface area contributed by atoms with E-state index >= 15 is 0 Å². The van der Waals surface area contributed by atoms with E-state index in [0.717, 1.165) is 10.9 Å². The number of hydrogen-bond acceptors (Lipinski definition) is 8. The molecule has 2 aromatic carbocycles. The first-order valence-corrected chi connectivity index (χ1v) is 14.9. The van der Waals surface area contributed by atoms with Gasteiger partial charge >= 0.3 is 12.7 Å². The summed E-state index contributed by atoms with van der Waals surface area (Å²) < 4.78 is 70.3. The largest absolute Gasteiger partial charge is 0.413 e. The molecule has 1 saturated carbocycles. The molecule has 10 nitrogen and oxygen atoms in total.